The highest BCUT2D eigenvalue weighted by Gasteiger charge is 2.31. The van der Waals surface area contributed by atoms with E-state index in [1.54, 1.807) is 0 Å². The monoisotopic (exact) mass is 417 g/mol. The molecule has 1 saturated carbocycles. The molecule has 3 aromatic rings. The fourth-order valence-corrected chi connectivity index (χ4v) is 3.92. The van der Waals surface area contributed by atoms with Crippen molar-refractivity contribution in [1.82, 2.24) is 14.9 Å². The predicted octanol–water partition coefficient (Wildman–Crippen LogP) is 5.21. The summed E-state index contributed by atoms with van der Waals surface area (Å²) < 4.78 is 8.28. The molecule has 1 unspecified atom stereocenters. The number of amides is 1. The van der Waals surface area contributed by atoms with Crippen molar-refractivity contribution in [2.24, 2.45) is 5.92 Å². The zero-order chi connectivity index (χ0) is 21.6. The number of benzene rings is 2. The number of rotatable bonds is 11. The van der Waals surface area contributed by atoms with Gasteiger partial charge >= 0.3 is 0 Å². The van der Waals surface area contributed by atoms with Gasteiger partial charge in [-0.25, -0.2) is 4.98 Å². The van der Waals surface area contributed by atoms with Gasteiger partial charge < -0.3 is 14.6 Å². The van der Waals surface area contributed by atoms with Gasteiger partial charge in [0.15, 0.2) is 0 Å². The highest BCUT2D eigenvalue weighted by molar-refractivity contribution is 5.81. The van der Waals surface area contributed by atoms with Gasteiger partial charge in [0.25, 0.3) is 0 Å². The maximum atomic E-state index is 12.3. The van der Waals surface area contributed by atoms with Crippen LogP contribution in [0.4, 0.5) is 0 Å². The van der Waals surface area contributed by atoms with Gasteiger partial charge in [0.2, 0.25) is 5.91 Å². The van der Waals surface area contributed by atoms with Crippen LogP contribution in [0.1, 0.15) is 50.0 Å². The molecule has 0 bridgehead atoms. The lowest BCUT2D eigenvalue weighted by Crippen LogP contribution is -2.29. The summed E-state index contributed by atoms with van der Waals surface area (Å²) in [4.78, 5) is 17.1. The van der Waals surface area contributed by atoms with Crippen molar-refractivity contribution in [3.05, 3.63) is 72.6 Å². The number of fused-ring (bicyclic) bond motifs is 1. The standard InChI is InChI=1S/C26H31N3O2/c1-3-10-20-11-4-7-14-24(20)31-18-9-8-17-29-23-13-6-5-12-22(23)28-25(29)19(2)27-26(30)21-15-16-21/h3-7,11-14,19,21H,1,8-10,15-18H2,2H3,(H,27,30). The summed E-state index contributed by atoms with van der Waals surface area (Å²) >= 11 is 0. The lowest BCUT2D eigenvalue weighted by molar-refractivity contribution is -0.123. The van der Waals surface area contributed by atoms with Crippen LogP contribution in [0, 0.1) is 5.92 Å². The van der Waals surface area contributed by atoms with Crippen LogP contribution < -0.4 is 10.1 Å². The molecule has 2 aromatic carbocycles. The molecule has 5 nitrogen and oxygen atoms in total. The number of imidazole rings is 1. The number of hydrogen-bond donors (Lipinski definition) is 1. The third-order valence-corrected chi connectivity index (χ3v) is 5.75. The Morgan fingerprint density at radius 3 is 2.81 bits per heavy atom. The zero-order valence-corrected chi connectivity index (χ0v) is 18.2. The minimum atomic E-state index is -0.109. The first-order chi connectivity index (χ1) is 15.2. The first kappa shape index (κ1) is 21.2. The van der Waals surface area contributed by atoms with E-state index >= 15 is 0 Å². The number of para-hydroxylation sites is 3. The van der Waals surface area contributed by atoms with E-state index in [4.69, 9.17) is 9.72 Å². The highest BCUT2D eigenvalue weighted by Crippen LogP contribution is 2.30. The van der Waals surface area contributed by atoms with Crippen LogP contribution in [0.15, 0.2) is 61.2 Å². The van der Waals surface area contributed by atoms with Crippen LogP contribution >= 0.6 is 0 Å². The van der Waals surface area contributed by atoms with E-state index in [9.17, 15) is 4.79 Å². The summed E-state index contributed by atoms with van der Waals surface area (Å²) in [5, 5.41) is 3.15. The van der Waals surface area contributed by atoms with E-state index < -0.39 is 0 Å². The summed E-state index contributed by atoms with van der Waals surface area (Å²) in [5.41, 5.74) is 3.25. The third-order valence-electron chi connectivity index (χ3n) is 5.75. The van der Waals surface area contributed by atoms with Gasteiger partial charge in [-0.05, 0) is 62.8 Å². The Balaban J connectivity index is 1.38. The largest absolute Gasteiger partial charge is 0.493 e. The molecular weight excluding hydrogens is 386 g/mol. The Morgan fingerprint density at radius 1 is 1.23 bits per heavy atom. The topological polar surface area (TPSA) is 56.1 Å². The highest BCUT2D eigenvalue weighted by atomic mass is 16.5. The molecule has 5 heteroatoms. The molecule has 0 aliphatic heterocycles. The predicted molar refractivity (Wildman–Crippen MR) is 124 cm³/mol. The molecule has 0 saturated heterocycles. The van der Waals surface area contributed by atoms with Gasteiger partial charge in [0.1, 0.15) is 11.6 Å². The molecule has 1 aliphatic rings. The van der Waals surface area contributed by atoms with Crippen molar-refractivity contribution in [3.8, 4) is 5.75 Å². The number of ether oxygens (including phenoxy) is 1. The second-order valence-corrected chi connectivity index (χ2v) is 8.27. The number of aromatic nitrogens is 2. The second kappa shape index (κ2) is 9.82. The van der Waals surface area contributed by atoms with E-state index in [1.165, 1.54) is 5.56 Å². The third kappa shape index (κ3) is 5.16. The van der Waals surface area contributed by atoms with Crippen LogP contribution in [-0.2, 0) is 17.8 Å². The summed E-state index contributed by atoms with van der Waals surface area (Å²) in [5.74, 6) is 2.21. The van der Waals surface area contributed by atoms with Crippen molar-refractivity contribution in [2.45, 2.75) is 51.6 Å². The van der Waals surface area contributed by atoms with Crippen molar-refractivity contribution >= 4 is 16.9 Å². The van der Waals surface area contributed by atoms with Crippen molar-refractivity contribution in [1.29, 1.82) is 0 Å². The van der Waals surface area contributed by atoms with E-state index in [2.05, 4.69) is 28.6 Å². The van der Waals surface area contributed by atoms with Crippen LogP contribution in [0.2, 0.25) is 0 Å². The Hall–Kier alpha value is -3.08. The van der Waals surface area contributed by atoms with Crippen LogP contribution in [0.3, 0.4) is 0 Å². The first-order valence-electron chi connectivity index (χ1n) is 11.2. The van der Waals surface area contributed by atoms with Gasteiger partial charge in [-0.2, -0.15) is 0 Å². The normalized spacial score (nSPS) is 14.4. The van der Waals surface area contributed by atoms with Crippen LogP contribution in [0.5, 0.6) is 5.75 Å². The Morgan fingerprint density at radius 2 is 2.00 bits per heavy atom. The van der Waals surface area contributed by atoms with Gasteiger partial charge in [-0.15, -0.1) is 6.58 Å². The first-order valence-corrected chi connectivity index (χ1v) is 11.2. The maximum Gasteiger partial charge on any atom is 0.223 e. The zero-order valence-electron chi connectivity index (χ0n) is 18.2. The van der Waals surface area contributed by atoms with E-state index in [-0.39, 0.29) is 17.9 Å². The average Bonchev–Trinajstić information content (AvgIpc) is 3.57. The van der Waals surface area contributed by atoms with Gasteiger partial charge in [0, 0.05) is 12.5 Å². The number of nitrogens with one attached hydrogen (secondary N) is 1. The number of hydrogen-bond acceptors (Lipinski definition) is 3. The molecule has 1 heterocycles. The van der Waals surface area contributed by atoms with E-state index in [0.717, 1.165) is 61.3 Å². The number of nitrogens with zero attached hydrogens (tertiary/aromatic N) is 2. The van der Waals surface area contributed by atoms with E-state index in [0.29, 0.717) is 6.61 Å². The number of allylic oxidation sites excluding steroid dienone is 1. The fourth-order valence-electron chi connectivity index (χ4n) is 3.92. The summed E-state index contributed by atoms with van der Waals surface area (Å²) in [7, 11) is 0. The maximum absolute atomic E-state index is 12.3. The number of carbonyl (C=O) groups excluding carboxylic acids is 1. The summed E-state index contributed by atoms with van der Waals surface area (Å²) in [6, 6.07) is 16.2. The molecule has 31 heavy (non-hydrogen) atoms. The molecule has 162 valence electrons. The molecule has 0 spiro atoms. The Labute approximate surface area is 184 Å². The molecule has 1 aliphatic carbocycles. The minimum absolute atomic E-state index is 0.109. The number of aryl methyl sites for hydroxylation is 1. The van der Waals surface area contributed by atoms with Crippen molar-refractivity contribution in [2.75, 3.05) is 6.61 Å². The number of carbonyl (C=O) groups is 1. The smallest absolute Gasteiger partial charge is 0.223 e. The SMILES string of the molecule is C=CCc1ccccc1OCCCCn1c(C(C)NC(=O)C2CC2)nc2ccccc21. The molecule has 4 rings (SSSR count). The number of unbranched alkanes of at least 4 members (excludes halogenated alkanes) is 1. The Kier molecular flexibility index (Phi) is 6.70. The van der Waals surface area contributed by atoms with Gasteiger partial charge in [-0.3, -0.25) is 4.79 Å². The van der Waals surface area contributed by atoms with Gasteiger partial charge in [-0.1, -0.05) is 36.4 Å². The average molecular weight is 418 g/mol. The molecule has 1 fully saturated rings. The van der Waals surface area contributed by atoms with Crippen molar-refractivity contribution < 1.29 is 9.53 Å². The van der Waals surface area contributed by atoms with Crippen LogP contribution in [-0.4, -0.2) is 22.1 Å². The Bertz CT molecular complexity index is 1050. The molecular formula is C26H31N3O2. The molecule has 1 amide bonds. The quantitative estimate of drug-likeness (QED) is 0.344. The van der Waals surface area contributed by atoms with Crippen LogP contribution in [0.25, 0.3) is 11.0 Å². The molecule has 1 aromatic heterocycles. The fraction of sp³-hybridized carbons (Fsp3) is 0.385. The summed E-state index contributed by atoms with van der Waals surface area (Å²) in [6.07, 6.45) is 6.63. The second-order valence-electron chi connectivity index (χ2n) is 8.27. The lowest BCUT2D eigenvalue weighted by Gasteiger charge is -2.16. The van der Waals surface area contributed by atoms with Crippen molar-refractivity contribution in [3.63, 3.8) is 0 Å². The molecule has 1 atom stereocenters. The summed E-state index contributed by atoms with van der Waals surface area (Å²) in [6.45, 7) is 7.36. The molecule has 0 radical (unpaired) electrons. The lowest BCUT2D eigenvalue weighted by atomic mass is 10.1. The van der Waals surface area contributed by atoms with E-state index in [1.807, 2.05) is 49.4 Å². The van der Waals surface area contributed by atoms with Gasteiger partial charge in [0.05, 0.1) is 23.7 Å². The minimum Gasteiger partial charge on any atom is -0.493 e. The molecule has 1 N–H and O–H groups in total.